The van der Waals surface area contributed by atoms with Crippen molar-refractivity contribution in [2.75, 3.05) is 5.75 Å². The minimum Gasteiger partial charge on any atom is -0.441 e. The first-order chi connectivity index (χ1) is 13.9. The van der Waals surface area contributed by atoms with Gasteiger partial charge in [0.15, 0.2) is 21.3 Å². The number of hydrogen-bond donors (Lipinski definition) is 1. The van der Waals surface area contributed by atoms with E-state index in [1.165, 1.54) is 13.8 Å². The molecule has 2 aromatic rings. The van der Waals surface area contributed by atoms with Crippen LogP contribution in [0.4, 0.5) is 8.78 Å². The third kappa shape index (κ3) is 3.25. The number of hydrogen-bond acceptors (Lipinski definition) is 6. The summed E-state index contributed by atoms with van der Waals surface area (Å²) in [5, 5.41) is 0. The Balaban J connectivity index is 1.73. The number of sulfone groups is 1. The van der Waals surface area contributed by atoms with Gasteiger partial charge in [-0.3, -0.25) is 4.99 Å². The summed E-state index contributed by atoms with van der Waals surface area (Å²) in [6.45, 7) is 4.75. The molecule has 2 aliphatic rings. The number of aromatic nitrogens is 1. The van der Waals surface area contributed by atoms with Crippen LogP contribution in [0.15, 0.2) is 51.7 Å². The number of amidine groups is 1. The topological polar surface area (TPSA) is 98.5 Å². The van der Waals surface area contributed by atoms with Crippen LogP contribution >= 0.6 is 0 Å². The molecule has 1 aromatic heterocycles. The Morgan fingerprint density at radius 3 is 2.77 bits per heavy atom. The van der Waals surface area contributed by atoms with E-state index < -0.39 is 43.8 Å². The van der Waals surface area contributed by atoms with Gasteiger partial charge in [0, 0.05) is 12.8 Å². The summed E-state index contributed by atoms with van der Waals surface area (Å²) in [5.41, 5.74) is 6.73. The number of alkyl halides is 1. The Bertz CT molecular complexity index is 1220. The molecule has 4 atom stereocenters. The monoisotopic (exact) mass is 435 g/mol. The summed E-state index contributed by atoms with van der Waals surface area (Å²) in [7, 11) is -3.86. The first-order valence-electron chi connectivity index (χ1n) is 9.57. The summed E-state index contributed by atoms with van der Waals surface area (Å²) in [6.07, 6.45) is 1.72. The summed E-state index contributed by atoms with van der Waals surface area (Å²) >= 11 is 0. The third-order valence-electron chi connectivity index (χ3n) is 6.03. The van der Waals surface area contributed by atoms with Crippen molar-refractivity contribution >= 4 is 26.8 Å². The predicted octanol–water partition coefficient (Wildman–Crippen LogP) is 3.36. The molecule has 3 unspecified atom stereocenters. The Kier molecular flexibility index (Phi) is 4.65. The lowest BCUT2D eigenvalue weighted by Crippen LogP contribution is -2.60. The van der Waals surface area contributed by atoms with E-state index in [9.17, 15) is 17.2 Å². The molecule has 9 heteroatoms. The Morgan fingerprint density at radius 2 is 2.07 bits per heavy atom. The van der Waals surface area contributed by atoms with Gasteiger partial charge in [-0.2, -0.15) is 0 Å². The van der Waals surface area contributed by atoms with E-state index >= 15 is 0 Å². The number of benzene rings is 1. The van der Waals surface area contributed by atoms with Crippen LogP contribution in [0.5, 0.6) is 0 Å². The molecule has 30 heavy (non-hydrogen) atoms. The van der Waals surface area contributed by atoms with Crippen molar-refractivity contribution in [1.82, 2.24) is 4.98 Å². The summed E-state index contributed by atoms with van der Waals surface area (Å²) in [5.74, 6) is -1.72. The highest BCUT2D eigenvalue weighted by Crippen LogP contribution is 2.41. The molecule has 1 aliphatic carbocycles. The maximum absolute atomic E-state index is 14.5. The fraction of sp³-hybridized carbons (Fsp3) is 0.429. The largest absolute Gasteiger partial charge is 0.441 e. The maximum Gasteiger partial charge on any atom is 0.192 e. The first kappa shape index (κ1) is 20.7. The lowest BCUT2D eigenvalue weighted by atomic mass is 9.81. The van der Waals surface area contributed by atoms with Crippen LogP contribution in [-0.2, 0) is 16.3 Å². The molecule has 1 aromatic carbocycles. The zero-order valence-corrected chi connectivity index (χ0v) is 17.7. The third-order valence-corrected chi connectivity index (χ3v) is 8.72. The number of rotatable bonds is 3. The van der Waals surface area contributed by atoms with Crippen molar-refractivity contribution in [2.24, 2.45) is 16.6 Å². The van der Waals surface area contributed by atoms with Crippen molar-refractivity contribution in [3.63, 3.8) is 0 Å². The molecule has 0 amide bonds. The molecule has 0 radical (unpaired) electrons. The van der Waals surface area contributed by atoms with Crippen LogP contribution < -0.4 is 5.73 Å². The summed E-state index contributed by atoms with van der Waals surface area (Å²) in [6, 6.07) is 5.25. The molecule has 4 rings (SSSR count). The number of aryl methyl sites for hydroxylation is 1. The Labute approximate surface area is 173 Å². The quantitative estimate of drug-likeness (QED) is 0.797. The lowest BCUT2D eigenvalue weighted by Gasteiger charge is -2.43. The second-order valence-electron chi connectivity index (χ2n) is 8.44. The van der Waals surface area contributed by atoms with Crippen LogP contribution in [0, 0.1) is 12.8 Å². The summed E-state index contributed by atoms with van der Waals surface area (Å²) in [4.78, 5) is 8.71. The smallest absolute Gasteiger partial charge is 0.192 e. The molecular weight excluding hydrogens is 412 g/mol. The molecule has 6 nitrogen and oxygen atoms in total. The lowest BCUT2D eigenvalue weighted by molar-refractivity contribution is 0.233. The second-order valence-corrected chi connectivity index (χ2v) is 10.9. The number of allylic oxidation sites excluding steroid dienone is 3. The molecule has 1 aliphatic heterocycles. The first-order valence-corrected chi connectivity index (χ1v) is 11.2. The van der Waals surface area contributed by atoms with Crippen LogP contribution in [0.25, 0.3) is 11.1 Å². The fourth-order valence-corrected chi connectivity index (χ4v) is 6.33. The number of aliphatic imine (C=N–C) groups is 1. The Hall–Kier alpha value is -2.55. The number of nitrogens with two attached hydrogens (primary N) is 1. The van der Waals surface area contributed by atoms with Crippen LogP contribution in [0.1, 0.15) is 25.3 Å². The van der Waals surface area contributed by atoms with E-state index in [1.54, 1.807) is 25.1 Å². The van der Waals surface area contributed by atoms with Gasteiger partial charge in [-0.15, -0.1) is 0 Å². The zero-order valence-electron chi connectivity index (χ0n) is 16.9. The number of fused-ring (bicyclic) bond motifs is 1. The van der Waals surface area contributed by atoms with Crippen LogP contribution in [-0.4, -0.2) is 41.4 Å². The van der Waals surface area contributed by atoms with Gasteiger partial charge in [0.1, 0.15) is 28.1 Å². The molecule has 0 fully saturated rings. The van der Waals surface area contributed by atoms with Crippen molar-refractivity contribution in [3.8, 4) is 0 Å². The van der Waals surface area contributed by atoms with Gasteiger partial charge in [0.2, 0.25) is 0 Å². The fourth-order valence-electron chi connectivity index (χ4n) is 4.23. The molecule has 2 heterocycles. The highest BCUT2D eigenvalue weighted by Gasteiger charge is 2.54. The van der Waals surface area contributed by atoms with Crippen molar-refractivity contribution in [2.45, 2.75) is 43.6 Å². The van der Waals surface area contributed by atoms with Gasteiger partial charge in [-0.25, -0.2) is 22.2 Å². The van der Waals surface area contributed by atoms with Crippen molar-refractivity contribution in [1.29, 1.82) is 0 Å². The Morgan fingerprint density at radius 1 is 1.33 bits per heavy atom. The van der Waals surface area contributed by atoms with Crippen LogP contribution in [0.3, 0.4) is 0 Å². The van der Waals surface area contributed by atoms with E-state index in [2.05, 4.69) is 9.98 Å². The molecule has 0 saturated carbocycles. The van der Waals surface area contributed by atoms with Crippen molar-refractivity contribution in [3.05, 3.63) is 53.7 Å². The predicted molar refractivity (Wildman–Crippen MR) is 111 cm³/mol. The summed E-state index contributed by atoms with van der Waals surface area (Å²) < 4.78 is 59.0. The number of oxazole rings is 1. The van der Waals surface area contributed by atoms with Gasteiger partial charge in [-0.05, 0) is 56.2 Å². The molecule has 0 saturated heterocycles. The second kappa shape index (κ2) is 6.73. The minimum absolute atomic E-state index is 0.0798. The van der Waals surface area contributed by atoms with Gasteiger partial charge in [0.05, 0.1) is 11.3 Å². The van der Waals surface area contributed by atoms with E-state index in [4.69, 9.17) is 10.2 Å². The van der Waals surface area contributed by atoms with Crippen LogP contribution in [0.2, 0.25) is 0 Å². The van der Waals surface area contributed by atoms with E-state index in [1.807, 2.05) is 0 Å². The highest BCUT2D eigenvalue weighted by molar-refractivity contribution is 7.93. The van der Waals surface area contributed by atoms with Gasteiger partial charge >= 0.3 is 0 Å². The zero-order chi connectivity index (χ0) is 21.9. The van der Waals surface area contributed by atoms with Gasteiger partial charge in [0.25, 0.3) is 0 Å². The van der Waals surface area contributed by atoms with E-state index in [-0.39, 0.29) is 12.3 Å². The number of nitrogens with zero attached hydrogens (tertiary/aromatic N) is 2. The van der Waals surface area contributed by atoms with Gasteiger partial charge < -0.3 is 10.2 Å². The van der Waals surface area contributed by atoms with Crippen molar-refractivity contribution < 1.29 is 21.6 Å². The standard InChI is InChI=1S/C21H23F2N3O3S/c1-12-25-17-8-13(4-7-18(17)29-12)10-21(3)19(24)26-20(2,11-30(21,27)28)15-9-14(22)5-6-16(15)23/h4-9,15-16H,10-11H2,1-3H3,(H2,24,26)/t15?,16?,20-,21?/m0/s1. The number of halogens is 2. The molecule has 0 bridgehead atoms. The van der Waals surface area contributed by atoms with E-state index in [0.717, 1.165) is 18.2 Å². The maximum atomic E-state index is 14.5. The normalized spacial score (nSPS) is 33.4. The average Bonchev–Trinajstić information content (AvgIpc) is 3.01. The molecule has 160 valence electrons. The molecule has 2 N–H and O–H groups in total. The minimum atomic E-state index is -3.86. The van der Waals surface area contributed by atoms with Gasteiger partial charge in [-0.1, -0.05) is 6.07 Å². The molecule has 0 spiro atoms. The highest BCUT2D eigenvalue weighted by atomic mass is 32.2. The average molecular weight is 435 g/mol. The SMILES string of the molecule is Cc1nc2cc(CC3(C)C(N)=N[C@](C)(C4C=C(F)C=CC4F)CS3(=O)=O)ccc2o1. The van der Waals surface area contributed by atoms with E-state index in [0.29, 0.717) is 22.6 Å². The molecular formula is C21H23F2N3O3S.